The van der Waals surface area contributed by atoms with Crippen molar-refractivity contribution in [3.63, 3.8) is 0 Å². The monoisotopic (exact) mass is 431 g/mol. The molecule has 2 atom stereocenters. The summed E-state index contributed by atoms with van der Waals surface area (Å²) in [5.74, 6) is 0.527. The molecule has 148 valence electrons. The fourth-order valence-electron chi connectivity index (χ4n) is 4.29. The largest absolute Gasteiger partial charge is 0.324 e. The first-order chi connectivity index (χ1) is 14.1. The lowest BCUT2D eigenvalue weighted by atomic mass is 9.91. The average molecular weight is 432 g/mol. The Kier molecular flexibility index (Phi) is 4.52. The van der Waals surface area contributed by atoms with Gasteiger partial charge in [0.15, 0.2) is 11.6 Å². The van der Waals surface area contributed by atoms with Crippen LogP contribution in [0.25, 0.3) is 11.5 Å². The van der Waals surface area contributed by atoms with Gasteiger partial charge in [0.2, 0.25) is 0 Å². The van der Waals surface area contributed by atoms with Gasteiger partial charge in [0.1, 0.15) is 11.5 Å². The van der Waals surface area contributed by atoms with Crippen molar-refractivity contribution in [1.82, 2.24) is 24.6 Å². The fraction of sp³-hybridized carbons (Fsp3) is 0.300. The molecule has 9 heteroatoms. The minimum Gasteiger partial charge on any atom is -0.324 e. The van der Waals surface area contributed by atoms with Gasteiger partial charge in [-0.05, 0) is 43.5 Å². The maximum Gasteiger partial charge on any atom is 0.256 e. The van der Waals surface area contributed by atoms with E-state index in [0.29, 0.717) is 12.4 Å². The second-order valence-corrected chi connectivity index (χ2v) is 8.00. The number of hydrogen-bond donors (Lipinski definition) is 0. The quantitative estimate of drug-likeness (QED) is 0.558. The van der Waals surface area contributed by atoms with Crippen LogP contribution in [0.5, 0.6) is 0 Å². The predicted octanol–water partition coefficient (Wildman–Crippen LogP) is 4.54. The molecule has 0 radical (unpaired) electrons. The van der Waals surface area contributed by atoms with Crippen LogP contribution >= 0.6 is 23.2 Å². The number of aromatic nitrogens is 4. The summed E-state index contributed by atoms with van der Waals surface area (Å²) in [6.07, 6.45) is 4.34. The first-order valence-corrected chi connectivity index (χ1v) is 10.1. The van der Waals surface area contributed by atoms with Gasteiger partial charge in [-0.3, -0.25) is 9.78 Å². The van der Waals surface area contributed by atoms with E-state index in [1.165, 1.54) is 12.1 Å². The van der Waals surface area contributed by atoms with Gasteiger partial charge in [-0.1, -0.05) is 29.3 Å². The molecular weight excluding hydrogens is 416 g/mol. The normalized spacial score (nSPS) is 20.4. The second-order valence-electron chi connectivity index (χ2n) is 7.24. The molecule has 1 fully saturated rings. The van der Waals surface area contributed by atoms with Crippen LogP contribution in [0.1, 0.15) is 41.5 Å². The molecule has 1 aromatic carbocycles. The molecule has 29 heavy (non-hydrogen) atoms. The fourth-order valence-corrected chi connectivity index (χ4v) is 4.69. The van der Waals surface area contributed by atoms with Crippen molar-refractivity contribution in [3.05, 3.63) is 63.8 Å². The maximum atomic E-state index is 13.7. The Balaban J connectivity index is 1.56. The Hall–Kier alpha value is -2.51. The lowest BCUT2D eigenvalue weighted by Crippen LogP contribution is -2.52. The zero-order chi connectivity index (χ0) is 20.1. The van der Waals surface area contributed by atoms with Crippen LogP contribution in [0.4, 0.5) is 4.39 Å². The molecule has 2 bridgehead atoms. The summed E-state index contributed by atoms with van der Waals surface area (Å²) in [6.45, 7) is 0.572. The number of amides is 1. The van der Waals surface area contributed by atoms with Crippen molar-refractivity contribution in [2.75, 3.05) is 0 Å². The van der Waals surface area contributed by atoms with Crippen molar-refractivity contribution in [2.24, 2.45) is 0 Å². The molecule has 2 aromatic heterocycles. The van der Waals surface area contributed by atoms with Crippen LogP contribution in [0.2, 0.25) is 10.0 Å². The predicted molar refractivity (Wildman–Crippen MR) is 106 cm³/mol. The highest BCUT2D eigenvalue weighted by molar-refractivity contribution is 6.44. The highest BCUT2D eigenvalue weighted by Gasteiger charge is 2.43. The zero-order valence-corrected chi connectivity index (χ0v) is 16.7. The molecule has 6 nitrogen and oxygen atoms in total. The van der Waals surface area contributed by atoms with Crippen molar-refractivity contribution < 1.29 is 9.18 Å². The average Bonchev–Trinajstić information content (AvgIpc) is 3.15. The Morgan fingerprint density at radius 1 is 1.10 bits per heavy atom. The zero-order valence-electron chi connectivity index (χ0n) is 15.2. The van der Waals surface area contributed by atoms with Crippen LogP contribution in [0, 0.1) is 5.82 Å². The second kappa shape index (κ2) is 7.07. The van der Waals surface area contributed by atoms with Crippen LogP contribution < -0.4 is 0 Å². The number of carbonyl (C=O) groups is 1. The number of benzene rings is 1. The highest BCUT2D eigenvalue weighted by Crippen LogP contribution is 2.41. The molecule has 0 N–H and O–H groups in total. The van der Waals surface area contributed by atoms with E-state index >= 15 is 0 Å². The molecule has 3 aromatic rings. The first-order valence-electron chi connectivity index (χ1n) is 9.37. The third-order valence-electron chi connectivity index (χ3n) is 5.61. The number of hydrogen-bond acceptors (Lipinski definition) is 4. The number of rotatable bonds is 2. The van der Waals surface area contributed by atoms with Crippen LogP contribution in [0.15, 0.2) is 36.5 Å². The van der Waals surface area contributed by atoms with Crippen molar-refractivity contribution >= 4 is 29.1 Å². The summed E-state index contributed by atoms with van der Waals surface area (Å²) in [5, 5.41) is 8.45. The van der Waals surface area contributed by atoms with E-state index in [1.54, 1.807) is 6.20 Å². The van der Waals surface area contributed by atoms with E-state index in [0.717, 1.165) is 30.8 Å². The Labute approximate surface area is 176 Å². The minimum atomic E-state index is -0.646. The van der Waals surface area contributed by atoms with Gasteiger partial charge >= 0.3 is 0 Å². The number of carbonyl (C=O) groups excluding carboxylic acids is 1. The SMILES string of the molecule is O=C(c1ccc(F)c(Cl)c1Cl)N1[C@@H]2CCC[C@H]1c1nnc(-c3ccccn3)n1C2. The molecule has 0 saturated carbocycles. The number of nitrogens with zero attached hydrogens (tertiary/aromatic N) is 5. The molecule has 0 aliphatic carbocycles. The minimum absolute atomic E-state index is 0.0351. The van der Waals surface area contributed by atoms with Crippen LogP contribution in [-0.4, -0.2) is 36.6 Å². The van der Waals surface area contributed by atoms with Gasteiger partial charge in [-0.2, -0.15) is 0 Å². The molecule has 2 aliphatic heterocycles. The molecule has 2 aliphatic rings. The van der Waals surface area contributed by atoms with E-state index in [1.807, 2.05) is 23.1 Å². The molecule has 5 rings (SSSR count). The topological polar surface area (TPSA) is 63.9 Å². The summed E-state index contributed by atoms with van der Waals surface area (Å²) in [6, 6.07) is 7.95. The third-order valence-corrected chi connectivity index (χ3v) is 6.47. The van der Waals surface area contributed by atoms with E-state index in [9.17, 15) is 9.18 Å². The smallest absolute Gasteiger partial charge is 0.256 e. The van der Waals surface area contributed by atoms with E-state index < -0.39 is 5.82 Å². The number of fused-ring (bicyclic) bond motifs is 4. The van der Waals surface area contributed by atoms with E-state index in [2.05, 4.69) is 19.7 Å². The van der Waals surface area contributed by atoms with Crippen molar-refractivity contribution in [1.29, 1.82) is 0 Å². The van der Waals surface area contributed by atoms with Crippen molar-refractivity contribution in [2.45, 2.75) is 37.9 Å². The van der Waals surface area contributed by atoms with Crippen molar-refractivity contribution in [3.8, 4) is 11.5 Å². The van der Waals surface area contributed by atoms with Crippen LogP contribution in [-0.2, 0) is 6.54 Å². The van der Waals surface area contributed by atoms with Crippen LogP contribution in [0.3, 0.4) is 0 Å². The van der Waals surface area contributed by atoms with E-state index in [4.69, 9.17) is 23.2 Å². The summed E-state index contributed by atoms with van der Waals surface area (Å²) in [4.78, 5) is 19.6. The Morgan fingerprint density at radius 3 is 2.76 bits per heavy atom. The summed E-state index contributed by atoms with van der Waals surface area (Å²) in [7, 11) is 0. The van der Waals surface area contributed by atoms with Gasteiger partial charge in [0.05, 0.1) is 27.7 Å². The maximum absolute atomic E-state index is 13.7. The standard InChI is InChI=1S/C20H16Cl2FN5O/c21-16-12(7-8-13(23)17(16)22)20(29)28-11-4-3-6-15(28)19-26-25-18(27(19)10-11)14-5-1-2-9-24-14/h1-2,5,7-9,11,15H,3-4,6,10H2/t11-,15+/m1/s1. The van der Waals surface area contributed by atoms with E-state index in [-0.39, 0.29) is 33.6 Å². The van der Waals surface area contributed by atoms with Gasteiger partial charge < -0.3 is 9.47 Å². The molecule has 4 heterocycles. The summed E-state index contributed by atoms with van der Waals surface area (Å²) in [5.41, 5.74) is 0.949. The molecule has 1 saturated heterocycles. The van der Waals surface area contributed by atoms with Gasteiger partial charge in [0, 0.05) is 12.7 Å². The summed E-state index contributed by atoms with van der Waals surface area (Å²) >= 11 is 12.1. The lowest BCUT2D eigenvalue weighted by molar-refractivity contribution is 0.0289. The number of pyridine rings is 1. The summed E-state index contributed by atoms with van der Waals surface area (Å²) < 4.78 is 15.7. The molecule has 0 spiro atoms. The molecule has 1 amide bonds. The van der Waals surface area contributed by atoms with Gasteiger partial charge in [0.25, 0.3) is 5.91 Å². The Bertz CT molecular complexity index is 1100. The van der Waals surface area contributed by atoms with Gasteiger partial charge in [-0.15, -0.1) is 10.2 Å². The number of piperidine rings is 1. The Morgan fingerprint density at radius 2 is 1.97 bits per heavy atom. The lowest BCUT2D eigenvalue weighted by Gasteiger charge is -2.45. The highest BCUT2D eigenvalue weighted by atomic mass is 35.5. The molecule has 0 unspecified atom stereocenters. The number of halogens is 3. The first kappa shape index (κ1) is 18.5. The molecular formula is C20H16Cl2FN5O. The third kappa shape index (κ3) is 2.91. The van der Waals surface area contributed by atoms with Gasteiger partial charge in [-0.25, -0.2) is 4.39 Å².